The number of ether oxygens (including phenoxy) is 1. The molecule has 1 aromatic carbocycles. The molecule has 1 heterocycles. The first-order chi connectivity index (χ1) is 10.8. The lowest BCUT2D eigenvalue weighted by Crippen LogP contribution is -2.43. The molecule has 0 spiro atoms. The Morgan fingerprint density at radius 3 is 2.22 bits per heavy atom. The second kappa shape index (κ2) is 6.89. The van der Waals surface area contributed by atoms with E-state index in [1.54, 1.807) is 4.90 Å². The number of carbonyl (C=O) groups excluding carboxylic acids is 2. The second-order valence-corrected chi connectivity index (χ2v) is 5.37. The van der Waals surface area contributed by atoms with Crippen LogP contribution in [-0.4, -0.2) is 36.4 Å². The highest BCUT2D eigenvalue weighted by Gasteiger charge is 2.30. The molecule has 0 unspecified atom stereocenters. The third-order valence-corrected chi connectivity index (χ3v) is 3.79. The lowest BCUT2D eigenvalue weighted by molar-refractivity contribution is -0.138. The van der Waals surface area contributed by atoms with E-state index in [1.165, 1.54) is 12.1 Å². The first-order valence-electron chi connectivity index (χ1n) is 7.14. The average Bonchev–Trinajstić information content (AvgIpc) is 2.52. The van der Waals surface area contributed by atoms with Crippen molar-refractivity contribution in [2.75, 3.05) is 19.7 Å². The molecule has 0 aliphatic carbocycles. The standard InChI is InChI=1S/C15H17F3N2O3/c16-15(17,18)11-1-3-12(4-2-11)23-9-13(21)20-7-5-10(6-8-20)14(19)22/h1-4,10H,5-9H2,(H2,19,22). The van der Waals surface area contributed by atoms with Crippen molar-refractivity contribution >= 4 is 11.8 Å². The van der Waals surface area contributed by atoms with Gasteiger partial charge in [-0.15, -0.1) is 0 Å². The smallest absolute Gasteiger partial charge is 0.416 e. The zero-order valence-electron chi connectivity index (χ0n) is 12.3. The number of hydrogen-bond donors (Lipinski definition) is 1. The van der Waals surface area contributed by atoms with Crippen LogP contribution in [0.4, 0.5) is 13.2 Å². The molecule has 2 rings (SSSR count). The van der Waals surface area contributed by atoms with Crippen LogP contribution in [0, 0.1) is 5.92 Å². The highest BCUT2D eigenvalue weighted by atomic mass is 19.4. The largest absolute Gasteiger partial charge is 0.484 e. The van der Waals surface area contributed by atoms with Crippen LogP contribution in [0.15, 0.2) is 24.3 Å². The quantitative estimate of drug-likeness (QED) is 0.915. The molecule has 1 saturated heterocycles. The van der Waals surface area contributed by atoms with Crippen molar-refractivity contribution < 1.29 is 27.5 Å². The summed E-state index contributed by atoms with van der Waals surface area (Å²) in [5.41, 5.74) is 4.45. The van der Waals surface area contributed by atoms with Gasteiger partial charge in [0.2, 0.25) is 5.91 Å². The Bertz CT molecular complexity index is 564. The van der Waals surface area contributed by atoms with Gasteiger partial charge in [-0.1, -0.05) is 0 Å². The van der Waals surface area contributed by atoms with Gasteiger partial charge >= 0.3 is 6.18 Å². The number of alkyl halides is 3. The number of piperidine rings is 1. The van der Waals surface area contributed by atoms with Crippen LogP contribution in [0.5, 0.6) is 5.75 Å². The van der Waals surface area contributed by atoms with E-state index in [2.05, 4.69) is 0 Å². The monoisotopic (exact) mass is 330 g/mol. The average molecular weight is 330 g/mol. The van der Waals surface area contributed by atoms with Crippen LogP contribution in [0.3, 0.4) is 0 Å². The lowest BCUT2D eigenvalue weighted by Gasteiger charge is -2.30. The maximum atomic E-state index is 12.4. The molecule has 2 N–H and O–H groups in total. The van der Waals surface area contributed by atoms with E-state index in [0.29, 0.717) is 25.9 Å². The predicted molar refractivity (Wildman–Crippen MR) is 75.4 cm³/mol. The van der Waals surface area contributed by atoms with Gasteiger partial charge in [0, 0.05) is 19.0 Å². The number of rotatable bonds is 4. The number of benzene rings is 1. The van der Waals surface area contributed by atoms with Gasteiger partial charge in [0.1, 0.15) is 5.75 Å². The van der Waals surface area contributed by atoms with Crippen LogP contribution in [-0.2, 0) is 15.8 Å². The van der Waals surface area contributed by atoms with Crippen LogP contribution in [0.2, 0.25) is 0 Å². The molecule has 0 atom stereocenters. The zero-order valence-corrected chi connectivity index (χ0v) is 12.3. The SMILES string of the molecule is NC(=O)C1CCN(C(=O)COc2ccc(C(F)(F)F)cc2)CC1. The molecule has 8 heteroatoms. The predicted octanol–water partition coefficient (Wildman–Crippen LogP) is 1.81. The van der Waals surface area contributed by atoms with Crippen LogP contribution < -0.4 is 10.5 Å². The number of nitrogens with zero attached hydrogens (tertiary/aromatic N) is 1. The van der Waals surface area contributed by atoms with Crippen molar-refractivity contribution in [3.8, 4) is 5.75 Å². The molecule has 2 amide bonds. The first-order valence-corrected chi connectivity index (χ1v) is 7.14. The molecule has 0 bridgehead atoms. The molecule has 0 saturated carbocycles. The summed E-state index contributed by atoms with van der Waals surface area (Å²) in [5.74, 6) is -0.654. The number of likely N-dealkylation sites (tertiary alicyclic amines) is 1. The van der Waals surface area contributed by atoms with Gasteiger partial charge in [-0.2, -0.15) is 13.2 Å². The van der Waals surface area contributed by atoms with Gasteiger partial charge in [-0.05, 0) is 37.1 Å². The van der Waals surface area contributed by atoms with Gasteiger partial charge in [0.15, 0.2) is 6.61 Å². The molecular weight excluding hydrogens is 313 g/mol. The minimum atomic E-state index is -4.40. The summed E-state index contributed by atoms with van der Waals surface area (Å²) in [6.07, 6.45) is -3.37. The molecule has 1 fully saturated rings. The van der Waals surface area contributed by atoms with Crippen molar-refractivity contribution in [3.05, 3.63) is 29.8 Å². The first kappa shape index (κ1) is 17.1. The maximum absolute atomic E-state index is 12.4. The Kier molecular flexibility index (Phi) is 5.12. The highest BCUT2D eigenvalue weighted by molar-refractivity contribution is 5.79. The Hall–Kier alpha value is -2.25. The molecule has 1 aromatic rings. The summed E-state index contributed by atoms with van der Waals surface area (Å²) in [5, 5.41) is 0. The molecular formula is C15H17F3N2O3. The Labute approximate surface area is 131 Å². The third kappa shape index (κ3) is 4.61. The maximum Gasteiger partial charge on any atom is 0.416 e. The Morgan fingerprint density at radius 2 is 1.74 bits per heavy atom. The van der Waals surface area contributed by atoms with Gasteiger partial charge in [-0.3, -0.25) is 9.59 Å². The van der Waals surface area contributed by atoms with Crippen LogP contribution in [0.25, 0.3) is 0 Å². The normalized spacial score (nSPS) is 16.2. The molecule has 1 aliphatic rings. The minimum Gasteiger partial charge on any atom is -0.484 e. The van der Waals surface area contributed by atoms with Crippen molar-refractivity contribution in [1.29, 1.82) is 0 Å². The van der Waals surface area contributed by atoms with Crippen molar-refractivity contribution in [1.82, 2.24) is 4.90 Å². The van der Waals surface area contributed by atoms with Gasteiger partial charge < -0.3 is 15.4 Å². The number of carbonyl (C=O) groups is 2. The molecule has 1 aliphatic heterocycles. The number of nitrogens with two attached hydrogens (primary N) is 1. The van der Waals surface area contributed by atoms with Gasteiger partial charge in [0.25, 0.3) is 5.91 Å². The topological polar surface area (TPSA) is 72.6 Å². The Morgan fingerprint density at radius 1 is 1.17 bits per heavy atom. The number of primary amides is 1. The van der Waals surface area contributed by atoms with E-state index in [-0.39, 0.29) is 30.1 Å². The molecule has 23 heavy (non-hydrogen) atoms. The lowest BCUT2D eigenvalue weighted by atomic mass is 9.96. The summed E-state index contributed by atoms with van der Waals surface area (Å²) in [4.78, 5) is 24.6. The van der Waals surface area contributed by atoms with E-state index in [4.69, 9.17) is 10.5 Å². The Balaban J connectivity index is 1.82. The molecule has 0 radical (unpaired) electrons. The van der Waals surface area contributed by atoms with E-state index >= 15 is 0 Å². The summed E-state index contributed by atoms with van der Waals surface area (Å²) in [6.45, 7) is 0.582. The summed E-state index contributed by atoms with van der Waals surface area (Å²) < 4.78 is 42.5. The van der Waals surface area contributed by atoms with Gasteiger partial charge in [-0.25, -0.2) is 0 Å². The minimum absolute atomic E-state index is 0.193. The molecule has 0 aromatic heterocycles. The fraction of sp³-hybridized carbons (Fsp3) is 0.467. The number of halogens is 3. The van der Waals surface area contributed by atoms with E-state index < -0.39 is 11.7 Å². The second-order valence-electron chi connectivity index (χ2n) is 5.37. The summed E-state index contributed by atoms with van der Waals surface area (Å²) in [7, 11) is 0. The van der Waals surface area contributed by atoms with Crippen molar-refractivity contribution in [2.24, 2.45) is 11.7 Å². The van der Waals surface area contributed by atoms with E-state index in [9.17, 15) is 22.8 Å². The third-order valence-electron chi connectivity index (χ3n) is 3.79. The summed E-state index contributed by atoms with van der Waals surface area (Å²) in [6, 6.07) is 4.15. The number of hydrogen-bond acceptors (Lipinski definition) is 3. The van der Waals surface area contributed by atoms with Gasteiger partial charge in [0.05, 0.1) is 5.56 Å². The fourth-order valence-corrected chi connectivity index (χ4v) is 2.39. The zero-order chi connectivity index (χ0) is 17.0. The molecule has 126 valence electrons. The summed E-state index contributed by atoms with van der Waals surface area (Å²) >= 11 is 0. The molecule has 5 nitrogen and oxygen atoms in total. The van der Waals surface area contributed by atoms with E-state index in [1.807, 2.05) is 0 Å². The van der Waals surface area contributed by atoms with Crippen molar-refractivity contribution in [2.45, 2.75) is 19.0 Å². The van der Waals surface area contributed by atoms with E-state index in [0.717, 1.165) is 12.1 Å². The van der Waals surface area contributed by atoms with Crippen molar-refractivity contribution in [3.63, 3.8) is 0 Å². The highest BCUT2D eigenvalue weighted by Crippen LogP contribution is 2.30. The van der Waals surface area contributed by atoms with Crippen LogP contribution >= 0.6 is 0 Å². The van der Waals surface area contributed by atoms with Crippen LogP contribution in [0.1, 0.15) is 18.4 Å². The number of amides is 2. The fourth-order valence-electron chi connectivity index (χ4n) is 2.39.